The molecule has 8 nitrogen and oxygen atoms in total. The second-order valence-corrected chi connectivity index (χ2v) is 6.54. The van der Waals surface area contributed by atoms with Crippen molar-refractivity contribution in [3.63, 3.8) is 0 Å². The van der Waals surface area contributed by atoms with E-state index >= 15 is 0 Å². The van der Waals surface area contributed by atoms with E-state index in [1.807, 2.05) is 32.0 Å². The number of carbonyl (C=O) groups is 3. The number of anilines is 1. The third kappa shape index (κ3) is 7.84. The maximum Gasteiger partial charge on any atom is 0.329 e. The first-order chi connectivity index (χ1) is 14.0. The lowest BCUT2D eigenvalue weighted by atomic mass is 10.2. The van der Waals surface area contributed by atoms with Crippen LogP contribution in [0.5, 0.6) is 5.75 Å². The van der Waals surface area contributed by atoms with Gasteiger partial charge in [-0.3, -0.25) is 14.4 Å². The predicted octanol–water partition coefficient (Wildman–Crippen LogP) is 1.93. The molecule has 0 heterocycles. The second-order valence-electron chi connectivity index (χ2n) is 6.54. The van der Waals surface area contributed by atoms with Crippen molar-refractivity contribution in [3.8, 4) is 5.75 Å². The van der Waals surface area contributed by atoms with E-state index in [0.717, 1.165) is 0 Å². The fourth-order valence-corrected chi connectivity index (χ4v) is 2.17. The highest BCUT2D eigenvalue weighted by molar-refractivity contribution is 6.35. The van der Waals surface area contributed by atoms with Crippen molar-refractivity contribution in [3.05, 3.63) is 60.2 Å². The Kier molecular flexibility index (Phi) is 8.37. The number of para-hydroxylation sites is 2. The van der Waals surface area contributed by atoms with Crippen LogP contribution < -0.4 is 20.8 Å². The van der Waals surface area contributed by atoms with Gasteiger partial charge in [-0.15, -0.1) is 0 Å². The minimum absolute atomic E-state index is 0.191. The molecular formula is C21H24N4O4. The summed E-state index contributed by atoms with van der Waals surface area (Å²) in [6.45, 7) is 4.06. The van der Waals surface area contributed by atoms with Gasteiger partial charge in [-0.1, -0.05) is 44.2 Å². The molecule has 0 bridgehead atoms. The van der Waals surface area contributed by atoms with Gasteiger partial charge in [0.2, 0.25) is 0 Å². The van der Waals surface area contributed by atoms with Crippen LogP contribution in [0.2, 0.25) is 0 Å². The lowest BCUT2D eigenvalue weighted by Gasteiger charge is -2.09. The minimum Gasteiger partial charge on any atom is -0.483 e. The molecule has 0 fully saturated rings. The Balaban J connectivity index is 1.87. The largest absolute Gasteiger partial charge is 0.483 e. The van der Waals surface area contributed by atoms with Gasteiger partial charge in [0, 0.05) is 17.8 Å². The first kappa shape index (κ1) is 21.6. The van der Waals surface area contributed by atoms with Gasteiger partial charge in [0.15, 0.2) is 6.61 Å². The maximum atomic E-state index is 12.0. The Hall–Kier alpha value is -3.68. The first-order valence-electron chi connectivity index (χ1n) is 9.13. The number of nitrogens with zero attached hydrogens (tertiary/aromatic N) is 1. The van der Waals surface area contributed by atoms with E-state index in [0.29, 0.717) is 23.5 Å². The molecule has 0 atom stereocenters. The monoisotopic (exact) mass is 396 g/mol. The molecule has 0 unspecified atom stereocenters. The third-order valence-corrected chi connectivity index (χ3v) is 3.58. The zero-order valence-corrected chi connectivity index (χ0v) is 16.3. The summed E-state index contributed by atoms with van der Waals surface area (Å²) in [6.07, 6.45) is 1.35. The topological polar surface area (TPSA) is 109 Å². The molecule has 0 aromatic heterocycles. The molecule has 0 aliphatic heterocycles. The van der Waals surface area contributed by atoms with Crippen LogP contribution in [0.1, 0.15) is 19.4 Å². The van der Waals surface area contributed by atoms with Gasteiger partial charge in [-0.2, -0.15) is 5.10 Å². The molecule has 0 spiro atoms. The number of hydrogen-bond donors (Lipinski definition) is 3. The third-order valence-electron chi connectivity index (χ3n) is 3.58. The van der Waals surface area contributed by atoms with Crippen molar-refractivity contribution < 1.29 is 19.1 Å². The number of hydrogen-bond acceptors (Lipinski definition) is 5. The van der Waals surface area contributed by atoms with Crippen LogP contribution in [0, 0.1) is 5.92 Å². The smallest absolute Gasteiger partial charge is 0.329 e. The van der Waals surface area contributed by atoms with Crippen molar-refractivity contribution in [2.75, 3.05) is 18.5 Å². The molecule has 29 heavy (non-hydrogen) atoms. The number of hydrazone groups is 1. The summed E-state index contributed by atoms with van der Waals surface area (Å²) in [5, 5.41) is 9.00. The molecule has 0 aliphatic rings. The summed E-state index contributed by atoms with van der Waals surface area (Å²) in [7, 11) is 0. The average Bonchev–Trinajstić information content (AvgIpc) is 2.71. The summed E-state index contributed by atoms with van der Waals surface area (Å²) in [5.41, 5.74) is 3.38. The quantitative estimate of drug-likeness (QED) is 0.360. The Bertz CT molecular complexity index is 866. The fraction of sp³-hybridized carbons (Fsp3) is 0.238. The lowest BCUT2D eigenvalue weighted by molar-refractivity contribution is -0.139. The van der Waals surface area contributed by atoms with E-state index in [-0.39, 0.29) is 18.4 Å². The van der Waals surface area contributed by atoms with Gasteiger partial charge in [-0.05, 0) is 30.2 Å². The van der Waals surface area contributed by atoms with Crippen LogP contribution in [-0.2, 0) is 14.4 Å². The van der Waals surface area contributed by atoms with E-state index in [2.05, 4.69) is 21.2 Å². The van der Waals surface area contributed by atoms with Crippen LogP contribution in [0.25, 0.3) is 0 Å². The standard InChI is InChI=1S/C21H24N4O4/c1-15(2)12-22-20(27)21(28)25-23-13-16-8-6-7-11-18(16)29-14-19(26)24-17-9-4-3-5-10-17/h3-11,13,15H,12,14H2,1-2H3,(H,22,27)(H,24,26)(H,25,28)/b23-13-. The number of nitrogens with one attached hydrogen (secondary N) is 3. The van der Waals surface area contributed by atoms with Crippen LogP contribution in [-0.4, -0.2) is 37.1 Å². The van der Waals surface area contributed by atoms with Crippen molar-refractivity contribution in [2.45, 2.75) is 13.8 Å². The van der Waals surface area contributed by atoms with Gasteiger partial charge >= 0.3 is 11.8 Å². The SMILES string of the molecule is CC(C)CNC(=O)C(=O)N/N=C\c1ccccc1OCC(=O)Nc1ccccc1. The van der Waals surface area contributed by atoms with Gasteiger partial charge in [0.1, 0.15) is 5.75 Å². The molecule has 3 amide bonds. The Labute approximate surface area is 169 Å². The molecule has 8 heteroatoms. The molecule has 2 rings (SSSR count). The van der Waals surface area contributed by atoms with Crippen molar-refractivity contribution >= 4 is 29.6 Å². The number of rotatable bonds is 8. The van der Waals surface area contributed by atoms with E-state index < -0.39 is 11.8 Å². The highest BCUT2D eigenvalue weighted by Crippen LogP contribution is 2.16. The molecule has 0 radical (unpaired) electrons. The Morgan fingerprint density at radius 3 is 2.41 bits per heavy atom. The summed E-state index contributed by atoms with van der Waals surface area (Å²) in [4.78, 5) is 35.3. The van der Waals surface area contributed by atoms with Crippen LogP contribution in [0.4, 0.5) is 5.69 Å². The van der Waals surface area contributed by atoms with E-state index in [4.69, 9.17) is 4.74 Å². The summed E-state index contributed by atoms with van der Waals surface area (Å²) in [6, 6.07) is 15.9. The van der Waals surface area contributed by atoms with Gasteiger partial charge in [0.05, 0.1) is 6.21 Å². The lowest BCUT2D eigenvalue weighted by Crippen LogP contribution is -2.39. The molecule has 3 N–H and O–H groups in total. The first-order valence-corrected chi connectivity index (χ1v) is 9.13. The average molecular weight is 396 g/mol. The van der Waals surface area contributed by atoms with E-state index in [1.54, 1.807) is 36.4 Å². The van der Waals surface area contributed by atoms with Crippen molar-refractivity contribution in [1.29, 1.82) is 0 Å². The molecule has 0 aliphatic carbocycles. The highest BCUT2D eigenvalue weighted by Gasteiger charge is 2.12. The molecular weight excluding hydrogens is 372 g/mol. The summed E-state index contributed by atoms with van der Waals surface area (Å²) >= 11 is 0. The molecule has 152 valence electrons. The van der Waals surface area contributed by atoms with Crippen LogP contribution >= 0.6 is 0 Å². The van der Waals surface area contributed by atoms with Crippen LogP contribution in [0.3, 0.4) is 0 Å². The number of ether oxygens (including phenoxy) is 1. The minimum atomic E-state index is -0.859. The Morgan fingerprint density at radius 2 is 1.69 bits per heavy atom. The number of carbonyl (C=O) groups excluding carboxylic acids is 3. The van der Waals surface area contributed by atoms with Gasteiger partial charge in [0.25, 0.3) is 5.91 Å². The maximum absolute atomic E-state index is 12.0. The zero-order valence-electron chi connectivity index (χ0n) is 16.3. The normalized spacial score (nSPS) is 10.6. The van der Waals surface area contributed by atoms with E-state index in [1.165, 1.54) is 6.21 Å². The highest BCUT2D eigenvalue weighted by atomic mass is 16.5. The van der Waals surface area contributed by atoms with Crippen molar-refractivity contribution in [1.82, 2.24) is 10.7 Å². The second kappa shape index (κ2) is 11.2. The zero-order chi connectivity index (χ0) is 21.1. The fourth-order valence-electron chi connectivity index (χ4n) is 2.17. The number of benzene rings is 2. The number of amides is 3. The molecule has 0 saturated heterocycles. The van der Waals surface area contributed by atoms with Gasteiger partial charge < -0.3 is 15.4 Å². The Morgan fingerprint density at radius 1 is 1.00 bits per heavy atom. The molecule has 2 aromatic rings. The van der Waals surface area contributed by atoms with Crippen LogP contribution in [0.15, 0.2) is 59.7 Å². The van der Waals surface area contributed by atoms with E-state index in [9.17, 15) is 14.4 Å². The summed E-state index contributed by atoms with van der Waals surface area (Å²) < 4.78 is 5.55. The predicted molar refractivity (Wildman–Crippen MR) is 111 cm³/mol. The molecule has 0 saturated carbocycles. The molecule has 2 aromatic carbocycles. The van der Waals surface area contributed by atoms with Gasteiger partial charge in [-0.25, -0.2) is 5.43 Å². The van der Waals surface area contributed by atoms with Crippen molar-refractivity contribution in [2.24, 2.45) is 11.0 Å². The summed E-state index contributed by atoms with van der Waals surface area (Å²) in [5.74, 6) is -1.27.